The molecule has 0 saturated carbocycles. The van der Waals surface area contributed by atoms with E-state index >= 15 is 0 Å². The minimum Gasteiger partial charge on any atom is -0.485 e. The van der Waals surface area contributed by atoms with Gasteiger partial charge in [0, 0.05) is 5.56 Å². The van der Waals surface area contributed by atoms with Crippen LogP contribution in [0, 0.1) is 17.2 Å². The number of ether oxygens (including phenoxy) is 2. The molecule has 2 N–H and O–H groups in total. The first kappa shape index (κ1) is 21.2. The van der Waals surface area contributed by atoms with Crippen molar-refractivity contribution >= 4 is 5.97 Å². The zero-order valence-corrected chi connectivity index (χ0v) is 17.2. The maximum atomic E-state index is 12.7. The maximum Gasteiger partial charge on any atom is 0.323 e. The standard InChI is InChI=1S/C21H30N2O4/c1-12(2)16(19(25)27-20(3,4)5)23-17-14-10-13(11-22)8-9-15(14)26-21(6,7)18(17)24/h8-10,12,16-18,23-24H,1-7H3/t16-,17-,18+/m1/s1. The third kappa shape index (κ3) is 4.79. The summed E-state index contributed by atoms with van der Waals surface area (Å²) in [5.74, 6) is 0.168. The number of nitriles is 1. The molecule has 6 nitrogen and oxygen atoms in total. The van der Waals surface area contributed by atoms with Crippen molar-refractivity contribution in [3.05, 3.63) is 29.3 Å². The molecule has 148 valence electrons. The van der Waals surface area contributed by atoms with Gasteiger partial charge < -0.3 is 14.6 Å². The van der Waals surface area contributed by atoms with Crippen molar-refractivity contribution < 1.29 is 19.4 Å². The Hall–Kier alpha value is -2.10. The van der Waals surface area contributed by atoms with E-state index in [0.717, 1.165) is 0 Å². The average molecular weight is 374 g/mol. The number of carbonyl (C=O) groups excluding carboxylic acids is 1. The molecule has 1 aromatic rings. The zero-order chi connectivity index (χ0) is 20.6. The summed E-state index contributed by atoms with van der Waals surface area (Å²) in [4.78, 5) is 12.7. The second-order valence-corrected chi connectivity index (χ2v) is 8.91. The van der Waals surface area contributed by atoms with Gasteiger partial charge in [-0.3, -0.25) is 10.1 Å². The minimum absolute atomic E-state index is 0.0550. The van der Waals surface area contributed by atoms with E-state index in [1.54, 1.807) is 32.0 Å². The lowest BCUT2D eigenvalue weighted by molar-refractivity contribution is -0.160. The molecule has 1 aromatic carbocycles. The number of aliphatic hydroxyl groups is 1. The molecule has 0 bridgehead atoms. The molecule has 0 spiro atoms. The summed E-state index contributed by atoms with van der Waals surface area (Å²) in [6, 6.07) is 6.02. The molecule has 0 aromatic heterocycles. The lowest BCUT2D eigenvalue weighted by Crippen LogP contribution is -2.56. The first-order valence-electron chi connectivity index (χ1n) is 9.26. The van der Waals surface area contributed by atoms with Gasteiger partial charge in [-0.25, -0.2) is 0 Å². The van der Waals surface area contributed by atoms with E-state index in [0.29, 0.717) is 16.9 Å². The summed E-state index contributed by atoms with van der Waals surface area (Å²) < 4.78 is 11.5. The molecule has 27 heavy (non-hydrogen) atoms. The second-order valence-electron chi connectivity index (χ2n) is 8.91. The number of fused-ring (bicyclic) bond motifs is 1. The van der Waals surface area contributed by atoms with Crippen LogP contribution in [0.2, 0.25) is 0 Å². The molecule has 2 rings (SSSR count). The van der Waals surface area contributed by atoms with Gasteiger partial charge in [0.05, 0.1) is 17.7 Å². The number of aliphatic hydroxyl groups excluding tert-OH is 1. The van der Waals surface area contributed by atoms with Crippen LogP contribution in [0.3, 0.4) is 0 Å². The van der Waals surface area contributed by atoms with E-state index in [1.165, 1.54) is 0 Å². The Labute approximate surface area is 161 Å². The van der Waals surface area contributed by atoms with Crippen LogP contribution in [0.5, 0.6) is 5.75 Å². The van der Waals surface area contributed by atoms with Gasteiger partial charge in [0.15, 0.2) is 0 Å². The lowest BCUT2D eigenvalue weighted by atomic mass is 9.85. The maximum absolute atomic E-state index is 12.7. The van der Waals surface area contributed by atoms with Crippen LogP contribution in [0.15, 0.2) is 18.2 Å². The Morgan fingerprint density at radius 3 is 2.52 bits per heavy atom. The number of rotatable bonds is 4. The molecule has 0 amide bonds. The topological polar surface area (TPSA) is 91.6 Å². The van der Waals surface area contributed by atoms with Crippen LogP contribution in [-0.2, 0) is 9.53 Å². The number of esters is 1. The van der Waals surface area contributed by atoms with Crippen molar-refractivity contribution in [1.82, 2.24) is 5.32 Å². The van der Waals surface area contributed by atoms with E-state index in [-0.39, 0.29) is 11.9 Å². The first-order valence-corrected chi connectivity index (χ1v) is 9.26. The van der Waals surface area contributed by atoms with Crippen LogP contribution in [0.25, 0.3) is 0 Å². The van der Waals surface area contributed by atoms with Gasteiger partial charge in [-0.1, -0.05) is 13.8 Å². The largest absolute Gasteiger partial charge is 0.485 e. The van der Waals surface area contributed by atoms with Crippen LogP contribution in [-0.4, -0.2) is 34.4 Å². The van der Waals surface area contributed by atoms with Crippen LogP contribution >= 0.6 is 0 Å². The van der Waals surface area contributed by atoms with Crippen LogP contribution < -0.4 is 10.1 Å². The fourth-order valence-electron chi connectivity index (χ4n) is 3.14. The summed E-state index contributed by atoms with van der Waals surface area (Å²) >= 11 is 0. The van der Waals surface area contributed by atoms with Gasteiger partial charge in [-0.2, -0.15) is 5.26 Å². The third-order valence-electron chi connectivity index (χ3n) is 4.56. The summed E-state index contributed by atoms with van der Waals surface area (Å²) in [6.45, 7) is 12.9. The molecule has 1 aliphatic heterocycles. The summed E-state index contributed by atoms with van der Waals surface area (Å²) in [5, 5.41) is 23.4. The van der Waals surface area contributed by atoms with Gasteiger partial charge >= 0.3 is 5.97 Å². The quantitative estimate of drug-likeness (QED) is 0.787. The van der Waals surface area contributed by atoms with Crippen molar-refractivity contribution in [2.45, 2.75) is 77.9 Å². The molecule has 1 aliphatic rings. The predicted molar refractivity (Wildman–Crippen MR) is 102 cm³/mol. The summed E-state index contributed by atoms with van der Waals surface area (Å²) in [5.41, 5.74) is -0.330. The number of carbonyl (C=O) groups is 1. The highest BCUT2D eigenvalue weighted by Crippen LogP contribution is 2.40. The van der Waals surface area contributed by atoms with E-state index in [2.05, 4.69) is 11.4 Å². The Morgan fingerprint density at radius 2 is 2.00 bits per heavy atom. The molecular formula is C21H30N2O4. The summed E-state index contributed by atoms with van der Waals surface area (Å²) in [6.07, 6.45) is -0.914. The predicted octanol–water partition coefficient (Wildman–Crippen LogP) is 3.09. The van der Waals surface area contributed by atoms with Crippen molar-refractivity contribution in [2.24, 2.45) is 5.92 Å². The number of nitrogens with zero attached hydrogens (tertiary/aromatic N) is 1. The smallest absolute Gasteiger partial charge is 0.323 e. The molecule has 3 atom stereocenters. The van der Waals surface area contributed by atoms with Crippen molar-refractivity contribution in [2.75, 3.05) is 0 Å². The molecule has 0 unspecified atom stereocenters. The zero-order valence-electron chi connectivity index (χ0n) is 17.2. The number of hydrogen-bond acceptors (Lipinski definition) is 6. The molecule has 0 fully saturated rings. The molecule has 1 heterocycles. The monoisotopic (exact) mass is 374 g/mol. The number of nitrogens with one attached hydrogen (secondary N) is 1. The van der Waals surface area contributed by atoms with Gasteiger partial charge in [0.2, 0.25) is 0 Å². The van der Waals surface area contributed by atoms with E-state index < -0.39 is 29.4 Å². The third-order valence-corrected chi connectivity index (χ3v) is 4.56. The van der Waals surface area contributed by atoms with E-state index in [4.69, 9.17) is 9.47 Å². The highest BCUT2D eigenvalue weighted by atomic mass is 16.6. The minimum atomic E-state index is -0.914. The molecule has 0 radical (unpaired) electrons. The number of benzene rings is 1. The van der Waals surface area contributed by atoms with Gasteiger partial charge in [0.1, 0.15) is 29.1 Å². The Kier molecular flexibility index (Phi) is 5.88. The SMILES string of the molecule is CC(C)[C@@H](N[C@@H]1c2cc(C#N)ccc2OC(C)(C)[C@H]1O)C(=O)OC(C)(C)C. The fraction of sp³-hybridized carbons (Fsp3) is 0.619. The van der Waals surface area contributed by atoms with E-state index in [9.17, 15) is 15.2 Å². The highest BCUT2D eigenvalue weighted by molar-refractivity contribution is 5.76. The van der Waals surface area contributed by atoms with Gasteiger partial charge in [-0.05, 0) is 58.7 Å². The normalized spacial score (nSPS) is 22.4. The first-order chi connectivity index (χ1) is 12.4. The Balaban J connectivity index is 2.42. The number of hydrogen-bond donors (Lipinski definition) is 2. The molecule has 6 heteroatoms. The van der Waals surface area contributed by atoms with E-state index in [1.807, 2.05) is 34.6 Å². The molecular weight excluding hydrogens is 344 g/mol. The second kappa shape index (κ2) is 7.49. The van der Waals surface area contributed by atoms with Gasteiger partial charge in [-0.15, -0.1) is 0 Å². The highest BCUT2D eigenvalue weighted by Gasteiger charge is 2.45. The van der Waals surface area contributed by atoms with Crippen LogP contribution in [0.4, 0.5) is 0 Å². The molecule has 0 saturated heterocycles. The van der Waals surface area contributed by atoms with Crippen molar-refractivity contribution in [3.8, 4) is 11.8 Å². The van der Waals surface area contributed by atoms with Crippen LogP contribution in [0.1, 0.15) is 65.6 Å². The fourth-order valence-corrected chi connectivity index (χ4v) is 3.14. The van der Waals surface area contributed by atoms with Crippen molar-refractivity contribution in [3.63, 3.8) is 0 Å². The average Bonchev–Trinajstić information content (AvgIpc) is 2.52. The molecule has 0 aliphatic carbocycles. The Morgan fingerprint density at radius 1 is 1.37 bits per heavy atom. The lowest BCUT2D eigenvalue weighted by Gasteiger charge is -2.44. The van der Waals surface area contributed by atoms with Crippen molar-refractivity contribution in [1.29, 1.82) is 5.26 Å². The Bertz CT molecular complexity index is 744. The summed E-state index contributed by atoms with van der Waals surface area (Å²) in [7, 11) is 0. The van der Waals surface area contributed by atoms with Gasteiger partial charge in [0.25, 0.3) is 0 Å².